The second kappa shape index (κ2) is 12.9. The van der Waals surface area contributed by atoms with Crippen molar-refractivity contribution in [1.82, 2.24) is 10.6 Å². The van der Waals surface area contributed by atoms with E-state index < -0.39 is 12.1 Å². The number of carboxylic acid groups (broad SMARTS) is 1. The number of benzene rings is 2. The fourth-order valence-electron chi connectivity index (χ4n) is 4.70. The highest BCUT2D eigenvalue weighted by Gasteiger charge is 2.29. The Morgan fingerprint density at radius 1 is 0.943 bits per heavy atom. The molecule has 0 heterocycles. The van der Waals surface area contributed by atoms with E-state index >= 15 is 0 Å². The summed E-state index contributed by atoms with van der Waals surface area (Å²) in [6, 6.07) is 16.0. The van der Waals surface area contributed by atoms with Crippen LogP contribution in [-0.2, 0) is 14.3 Å². The lowest BCUT2D eigenvalue weighted by Crippen LogP contribution is -2.39. The molecular formula is C28H36N2O5. The quantitative estimate of drug-likeness (QED) is 0.370. The number of fused-ring (bicyclic) bond motifs is 3. The highest BCUT2D eigenvalue weighted by Crippen LogP contribution is 2.44. The van der Waals surface area contributed by atoms with Gasteiger partial charge in [0.25, 0.3) is 0 Å². The van der Waals surface area contributed by atoms with Gasteiger partial charge in [-0.1, -0.05) is 68.8 Å². The van der Waals surface area contributed by atoms with Crippen LogP contribution in [0, 0.1) is 5.92 Å². The third kappa shape index (κ3) is 7.31. The lowest BCUT2D eigenvalue weighted by atomic mass is 9.96. The van der Waals surface area contributed by atoms with Crippen LogP contribution in [0.25, 0.3) is 11.1 Å². The summed E-state index contributed by atoms with van der Waals surface area (Å²) in [7, 11) is 0. The van der Waals surface area contributed by atoms with Gasteiger partial charge in [0.15, 0.2) is 0 Å². The number of carbonyl (C=O) groups is 3. The van der Waals surface area contributed by atoms with Crippen molar-refractivity contribution >= 4 is 18.0 Å². The van der Waals surface area contributed by atoms with Crippen LogP contribution >= 0.6 is 0 Å². The summed E-state index contributed by atoms with van der Waals surface area (Å²) < 4.78 is 5.60. The molecule has 2 aromatic carbocycles. The van der Waals surface area contributed by atoms with E-state index in [2.05, 4.69) is 34.9 Å². The Morgan fingerprint density at radius 2 is 1.57 bits per heavy atom. The number of aliphatic carboxylic acids is 1. The largest absolute Gasteiger partial charge is 0.481 e. The van der Waals surface area contributed by atoms with Gasteiger partial charge in [-0.25, -0.2) is 4.79 Å². The highest BCUT2D eigenvalue weighted by molar-refractivity contribution is 5.79. The lowest BCUT2D eigenvalue weighted by Gasteiger charge is -2.19. The molecule has 0 saturated carbocycles. The van der Waals surface area contributed by atoms with E-state index in [1.54, 1.807) is 0 Å². The maximum Gasteiger partial charge on any atom is 0.407 e. The van der Waals surface area contributed by atoms with Gasteiger partial charge in [0, 0.05) is 31.3 Å². The van der Waals surface area contributed by atoms with Gasteiger partial charge in [-0.05, 0) is 47.4 Å². The Balaban J connectivity index is 1.44. The van der Waals surface area contributed by atoms with Crippen molar-refractivity contribution in [3.05, 3.63) is 59.7 Å². The van der Waals surface area contributed by atoms with Gasteiger partial charge in [-0.3, -0.25) is 9.59 Å². The molecule has 2 aromatic rings. The number of carbonyl (C=O) groups excluding carboxylic acids is 2. The molecule has 0 saturated heterocycles. The lowest BCUT2D eigenvalue weighted by molar-refractivity contribution is -0.137. The molecule has 2 unspecified atom stereocenters. The van der Waals surface area contributed by atoms with Crippen LogP contribution in [0.4, 0.5) is 4.79 Å². The molecule has 0 fully saturated rings. The first-order chi connectivity index (χ1) is 16.9. The second-order valence-electron chi connectivity index (χ2n) is 9.12. The molecule has 2 atom stereocenters. The molecule has 188 valence electrons. The number of hydrogen-bond acceptors (Lipinski definition) is 4. The minimum absolute atomic E-state index is 0.0100. The first-order valence-corrected chi connectivity index (χ1v) is 12.5. The van der Waals surface area contributed by atoms with Crippen molar-refractivity contribution < 1.29 is 24.2 Å². The molecule has 1 aliphatic carbocycles. The molecule has 0 aliphatic heterocycles. The molecule has 7 nitrogen and oxygen atoms in total. The maximum absolute atomic E-state index is 12.5. The van der Waals surface area contributed by atoms with E-state index in [4.69, 9.17) is 9.84 Å². The van der Waals surface area contributed by atoms with Gasteiger partial charge in [0.05, 0.1) is 0 Å². The van der Waals surface area contributed by atoms with Crippen molar-refractivity contribution in [3.63, 3.8) is 0 Å². The van der Waals surface area contributed by atoms with Crippen molar-refractivity contribution in [2.75, 3.05) is 13.2 Å². The molecule has 0 spiro atoms. The summed E-state index contributed by atoms with van der Waals surface area (Å²) in [5.41, 5.74) is 4.66. The number of amides is 2. The van der Waals surface area contributed by atoms with Crippen LogP contribution in [0.1, 0.15) is 69.4 Å². The minimum Gasteiger partial charge on any atom is -0.481 e. The minimum atomic E-state index is -0.794. The van der Waals surface area contributed by atoms with Crippen LogP contribution in [0.3, 0.4) is 0 Å². The number of alkyl carbamates (subject to hydrolysis) is 1. The molecule has 2 amide bonds. The number of rotatable bonds is 13. The molecule has 0 bridgehead atoms. The van der Waals surface area contributed by atoms with Crippen LogP contribution in [0.15, 0.2) is 48.5 Å². The molecular weight excluding hydrogens is 444 g/mol. The van der Waals surface area contributed by atoms with E-state index in [1.165, 1.54) is 11.1 Å². The first-order valence-electron chi connectivity index (χ1n) is 12.5. The average Bonchev–Trinajstić information content (AvgIpc) is 3.18. The summed E-state index contributed by atoms with van der Waals surface area (Å²) in [5, 5.41) is 14.6. The van der Waals surface area contributed by atoms with Gasteiger partial charge in [0.2, 0.25) is 5.91 Å². The van der Waals surface area contributed by atoms with Crippen LogP contribution in [0.2, 0.25) is 0 Å². The summed E-state index contributed by atoms with van der Waals surface area (Å²) >= 11 is 0. The number of carboxylic acids is 1. The van der Waals surface area contributed by atoms with Crippen LogP contribution in [0.5, 0.6) is 0 Å². The predicted octanol–water partition coefficient (Wildman–Crippen LogP) is 5.09. The van der Waals surface area contributed by atoms with Gasteiger partial charge in [-0.2, -0.15) is 0 Å². The summed E-state index contributed by atoms with van der Waals surface area (Å²) in [5.74, 6) is -0.669. The molecule has 1 aliphatic rings. The molecule has 7 heteroatoms. The van der Waals surface area contributed by atoms with E-state index in [1.807, 2.05) is 38.1 Å². The van der Waals surface area contributed by atoms with Gasteiger partial charge in [-0.15, -0.1) is 0 Å². The van der Waals surface area contributed by atoms with E-state index in [0.717, 1.165) is 24.0 Å². The Bertz CT molecular complexity index is 976. The SMILES string of the molecule is CCC(CCNC(=O)CC(CC)NC(=O)OCC1c2ccccc2-c2ccccc21)CCC(=O)O. The average molecular weight is 481 g/mol. The molecule has 3 N–H and O–H groups in total. The first kappa shape index (κ1) is 26.3. The van der Waals surface area contributed by atoms with E-state index in [0.29, 0.717) is 19.4 Å². The molecule has 0 radical (unpaired) electrons. The summed E-state index contributed by atoms with van der Waals surface area (Å²) in [6.07, 6.45) is 2.64. The fraction of sp³-hybridized carbons (Fsp3) is 0.464. The monoisotopic (exact) mass is 480 g/mol. The number of ether oxygens (including phenoxy) is 1. The zero-order valence-corrected chi connectivity index (χ0v) is 20.6. The van der Waals surface area contributed by atoms with Gasteiger partial charge >= 0.3 is 12.1 Å². The highest BCUT2D eigenvalue weighted by atomic mass is 16.5. The normalized spacial score (nSPS) is 13.9. The Labute approximate surface area is 207 Å². The number of hydrogen-bond donors (Lipinski definition) is 3. The fourth-order valence-corrected chi connectivity index (χ4v) is 4.70. The van der Waals surface area contributed by atoms with Crippen molar-refractivity contribution in [1.29, 1.82) is 0 Å². The summed E-state index contributed by atoms with van der Waals surface area (Å²) in [6.45, 7) is 4.68. The molecule has 35 heavy (non-hydrogen) atoms. The maximum atomic E-state index is 12.5. The predicted molar refractivity (Wildman–Crippen MR) is 135 cm³/mol. The number of nitrogens with one attached hydrogen (secondary N) is 2. The Morgan fingerprint density at radius 3 is 2.14 bits per heavy atom. The van der Waals surface area contributed by atoms with Crippen molar-refractivity contribution in [2.24, 2.45) is 5.92 Å². The van der Waals surface area contributed by atoms with Crippen molar-refractivity contribution in [2.45, 2.75) is 64.3 Å². The topological polar surface area (TPSA) is 105 Å². The smallest absolute Gasteiger partial charge is 0.407 e. The Kier molecular flexibility index (Phi) is 9.70. The standard InChI is InChI=1S/C28H36N2O5/c1-3-19(13-14-27(32)33)15-16-29-26(31)17-20(4-2)30-28(34)35-18-25-23-11-7-5-9-21(23)22-10-6-8-12-24(22)25/h5-12,19-20,25H,3-4,13-18H2,1-2H3,(H,29,31)(H,30,34)(H,32,33). The summed E-state index contributed by atoms with van der Waals surface area (Å²) in [4.78, 5) is 35.7. The third-order valence-electron chi connectivity index (χ3n) is 6.81. The zero-order chi connectivity index (χ0) is 25.2. The van der Waals surface area contributed by atoms with Crippen LogP contribution < -0.4 is 10.6 Å². The van der Waals surface area contributed by atoms with Crippen LogP contribution in [-0.4, -0.2) is 42.3 Å². The van der Waals surface area contributed by atoms with E-state index in [9.17, 15) is 14.4 Å². The zero-order valence-electron chi connectivity index (χ0n) is 20.6. The molecule has 0 aromatic heterocycles. The van der Waals surface area contributed by atoms with Gasteiger partial charge in [0.1, 0.15) is 6.61 Å². The Hall–Kier alpha value is -3.35. The van der Waals surface area contributed by atoms with Crippen molar-refractivity contribution in [3.8, 4) is 11.1 Å². The second-order valence-corrected chi connectivity index (χ2v) is 9.12. The molecule has 3 rings (SSSR count). The van der Waals surface area contributed by atoms with Gasteiger partial charge < -0.3 is 20.5 Å². The third-order valence-corrected chi connectivity index (χ3v) is 6.81. The van der Waals surface area contributed by atoms with E-state index in [-0.39, 0.29) is 43.2 Å².